The number of carbonyl (C=O) groups excluding carboxylic acids is 3. The van der Waals surface area contributed by atoms with Crippen molar-refractivity contribution in [3.05, 3.63) is 64.7 Å². The summed E-state index contributed by atoms with van der Waals surface area (Å²) in [4.78, 5) is 39.1. The number of ether oxygens (including phenoxy) is 1. The van der Waals surface area contributed by atoms with Crippen molar-refractivity contribution in [3.8, 4) is 17.6 Å². The van der Waals surface area contributed by atoms with Crippen molar-refractivity contribution in [1.82, 2.24) is 15.5 Å². The Labute approximate surface area is 190 Å². The number of amides is 4. The Kier molecular flexibility index (Phi) is 5.75. The predicted molar refractivity (Wildman–Crippen MR) is 119 cm³/mol. The van der Waals surface area contributed by atoms with E-state index in [4.69, 9.17) is 9.94 Å². The monoisotopic (exact) mass is 446 g/mol. The Balaban J connectivity index is 1.58. The molecule has 4 amide bonds. The number of fused-ring (bicyclic) bond motifs is 1. The third-order valence-electron chi connectivity index (χ3n) is 5.57. The molecule has 9 nitrogen and oxygen atoms in total. The van der Waals surface area contributed by atoms with E-state index in [0.29, 0.717) is 35.6 Å². The maximum atomic E-state index is 13.0. The lowest BCUT2D eigenvalue weighted by Crippen LogP contribution is -2.54. The van der Waals surface area contributed by atoms with E-state index in [1.807, 2.05) is 18.2 Å². The summed E-state index contributed by atoms with van der Waals surface area (Å²) in [6.07, 6.45) is 0.495. The molecule has 2 aliphatic heterocycles. The molecule has 1 atom stereocenters. The second-order valence-corrected chi connectivity index (χ2v) is 7.96. The highest BCUT2D eigenvalue weighted by atomic mass is 16.5. The van der Waals surface area contributed by atoms with E-state index in [-0.39, 0.29) is 12.5 Å². The number of nitrogens with one attached hydrogen (secondary N) is 2. The lowest BCUT2D eigenvalue weighted by Gasteiger charge is -2.26. The fraction of sp³-hybridized carbons (Fsp3) is 0.250. The van der Waals surface area contributed by atoms with Gasteiger partial charge in [0.1, 0.15) is 5.75 Å². The van der Waals surface area contributed by atoms with Gasteiger partial charge < -0.3 is 20.2 Å². The van der Waals surface area contributed by atoms with Gasteiger partial charge in [-0.25, -0.2) is 4.79 Å². The van der Waals surface area contributed by atoms with Gasteiger partial charge in [0.05, 0.1) is 19.4 Å². The maximum Gasteiger partial charge on any atom is 0.323 e. The van der Waals surface area contributed by atoms with E-state index >= 15 is 0 Å². The largest absolute Gasteiger partial charge is 0.497 e. The zero-order chi connectivity index (χ0) is 23.6. The minimum Gasteiger partial charge on any atom is -0.497 e. The Morgan fingerprint density at radius 2 is 1.97 bits per heavy atom. The van der Waals surface area contributed by atoms with Crippen molar-refractivity contribution >= 4 is 23.6 Å². The molecule has 0 radical (unpaired) electrons. The number of urea groups is 1. The zero-order valence-corrected chi connectivity index (χ0v) is 18.1. The van der Waals surface area contributed by atoms with E-state index in [1.54, 1.807) is 31.2 Å². The van der Waals surface area contributed by atoms with E-state index < -0.39 is 17.5 Å². The van der Waals surface area contributed by atoms with E-state index in [1.165, 1.54) is 12.0 Å². The SMILES string of the molecule is COc1ccc2c(c1)C(=O)N(C[C@@]1(C#Cc3ccc(CC(C)=NO)cc3)NC(=O)NC1=O)C2. The number of benzene rings is 2. The number of nitrogens with zero attached hydrogens (tertiary/aromatic N) is 2. The van der Waals surface area contributed by atoms with Gasteiger partial charge in [0.2, 0.25) is 5.54 Å². The van der Waals surface area contributed by atoms with Crippen LogP contribution in [-0.2, 0) is 17.8 Å². The van der Waals surface area contributed by atoms with Crippen LogP contribution in [0.15, 0.2) is 47.6 Å². The molecule has 2 aliphatic rings. The van der Waals surface area contributed by atoms with Gasteiger partial charge in [-0.3, -0.25) is 14.9 Å². The number of hydrogen-bond donors (Lipinski definition) is 3. The summed E-state index contributed by atoms with van der Waals surface area (Å²) in [5.41, 5.74) is 1.88. The fourth-order valence-electron chi connectivity index (χ4n) is 3.83. The first-order chi connectivity index (χ1) is 15.8. The molecule has 2 aromatic carbocycles. The second kappa shape index (κ2) is 8.67. The van der Waals surface area contributed by atoms with Crippen LogP contribution in [0.5, 0.6) is 5.75 Å². The molecule has 2 heterocycles. The summed E-state index contributed by atoms with van der Waals surface area (Å²) in [7, 11) is 1.52. The molecule has 2 aromatic rings. The molecular weight excluding hydrogens is 424 g/mol. The molecule has 0 unspecified atom stereocenters. The van der Waals surface area contributed by atoms with Crippen LogP contribution in [0.2, 0.25) is 0 Å². The average Bonchev–Trinajstić information content (AvgIpc) is 3.27. The standard InChI is InChI=1S/C24H22N4O5/c1-15(27-32)11-17-5-3-16(4-6-17)9-10-24(22(30)25-23(31)26-24)14-28-13-18-7-8-19(33-2)12-20(18)21(28)29/h3-8,12,32H,11,13-14H2,1-2H3,(H2,25,26,30,31)/t24-/m1/s1. The smallest absolute Gasteiger partial charge is 0.323 e. The molecule has 168 valence electrons. The second-order valence-electron chi connectivity index (χ2n) is 7.96. The maximum absolute atomic E-state index is 13.0. The Bertz CT molecular complexity index is 1230. The summed E-state index contributed by atoms with van der Waals surface area (Å²) in [5, 5.41) is 16.8. The lowest BCUT2D eigenvalue weighted by atomic mass is 9.98. The van der Waals surface area contributed by atoms with Gasteiger partial charge in [0.25, 0.3) is 11.8 Å². The number of oxime groups is 1. The van der Waals surface area contributed by atoms with Crippen LogP contribution in [0.3, 0.4) is 0 Å². The van der Waals surface area contributed by atoms with Crippen LogP contribution < -0.4 is 15.4 Å². The van der Waals surface area contributed by atoms with Crippen LogP contribution in [0.4, 0.5) is 4.79 Å². The molecule has 0 spiro atoms. The number of carbonyl (C=O) groups is 3. The minimum atomic E-state index is -1.57. The van der Waals surface area contributed by atoms with Gasteiger partial charge in [-0.15, -0.1) is 0 Å². The highest BCUT2D eigenvalue weighted by Gasteiger charge is 2.48. The highest BCUT2D eigenvalue weighted by Crippen LogP contribution is 2.28. The van der Waals surface area contributed by atoms with Crippen LogP contribution in [0.25, 0.3) is 0 Å². The molecule has 0 saturated carbocycles. The van der Waals surface area contributed by atoms with Crippen molar-refractivity contribution in [2.45, 2.75) is 25.4 Å². The molecule has 33 heavy (non-hydrogen) atoms. The van der Waals surface area contributed by atoms with Gasteiger partial charge >= 0.3 is 6.03 Å². The van der Waals surface area contributed by atoms with Crippen LogP contribution in [-0.4, -0.2) is 52.9 Å². The first kappa shape index (κ1) is 21.9. The van der Waals surface area contributed by atoms with E-state index in [9.17, 15) is 14.4 Å². The molecule has 0 aliphatic carbocycles. The first-order valence-corrected chi connectivity index (χ1v) is 10.2. The third-order valence-corrected chi connectivity index (χ3v) is 5.57. The summed E-state index contributed by atoms with van der Waals surface area (Å²) < 4.78 is 5.20. The summed E-state index contributed by atoms with van der Waals surface area (Å²) in [6, 6.07) is 11.8. The third kappa shape index (κ3) is 4.36. The Morgan fingerprint density at radius 3 is 2.61 bits per heavy atom. The van der Waals surface area contributed by atoms with Crippen molar-refractivity contribution in [1.29, 1.82) is 0 Å². The molecule has 9 heteroatoms. The minimum absolute atomic E-state index is 0.0996. The lowest BCUT2D eigenvalue weighted by molar-refractivity contribution is -0.122. The topological polar surface area (TPSA) is 120 Å². The number of imide groups is 1. The first-order valence-electron chi connectivity index (χ1n) is 10.2. The van der Waals surface area contributed by atoms with E-state index in [2.05, 4.69) is 27.6 Å². The summed E-state index contributed by atoms with van der Waals surface area (Å²) in [6.45, 7) is 1.91. The Morgan fingerprint density at radius 1 is 1.21 bits per heavy atom. The van der Waals surface area contributed by atoms with Gasteiger partial charge in [0.15, 0.2) is 0 Å². The van der Waals surface area contributed by atoms with Crippen molar-refractivity contribution in [2.75, 3.05) is 13.7 Å². The van der Waals surface area contributed by atoms with E-state index in [0.717, 1.165) is 11.1 Å². The summed E-state index contributed by atoms with van der Waals surface area (Å²) >= 11 is 0. The molecule has 1 fully saturated rings. The molecule has 3 N–H and O–H groups in total. The Hall–Kier alpha value is -4.32. The predicted octanol–water partition coefficient (Wildman–Crippen LogP) is 1.67. The van der Waals surface area contributed by atoms with Gasteiger partial charge in [-0.1, -0.05) is 35.2 Å². The molecule has 4 rings (SSSR count). The van der Waals surface area contributed by atoms with Gasteiger partial charge in [-0.2, -0.15) is 0 Å². The van der Waals surface area contributed by atoms with Crippen LogP contribution in [0.1, 0.15) is 34.0 Å². The molecule has 1 saturated heterocycles. The normalized spacial score (nSPS) is 19.5. The number of methoxy groups -OCH3 is 1. The number of hydrogen-bond acceptors (Lipinski definition) is 6. The van der Waals surface area contributed by atoms with Crippen LogP contribution >= 0.6 is 0 Å². The van der Waals surface area contributed by atoms with Gasteiger partial charge in [0, 0.05) is 24.1 Å². The quantitative estimate of drug-likeness (QED) is 0.212. The van der Waals surface area contributed by atoms with Crippen molar-refractivity contribution in [3.63, 3.8) is 0 Å². The van der Waals surface area contributed by atoms with Crippen molar-refractivity contribution < 1.29 is 24.3 Å². The highest BCUT2D eigenvalue weighted by molar-refractivity contribution is 6.10. The molecule has 0 bridgehead atoms. The van der Waals surface area contributed by atoms with Gasteiger partial charge in [-0.05, 0) is 42.3 Å². The molecule has 0 aromatic heterocycles. The summed E-state index contributed by atoms with van der Waals surface area (Å²) in [5.74, 6) is 5.52. The van der Waals surface area contributed by atoms with Crippen molar-refractivity contribution in [2.24, 2.45) is 5.16 Å². The molecular formula is C24H22N4O5. The van der Waals surface area contributed by atoms with Crippen LogP contribution in [0, 0.1) is 11.8 Å². The average molecular weight is 446 g/mol. The zero-order valence-electron chi connectivity index (χ0n) is 18.1. The number of rotatable bonds is 5. The fourth-order valence-corrected chi connectivity index (χ4v) is 3.83.